The fourth-order valence-corrected chi connectivity index (χ4v) is 4.61. The number of thiophene rings is 1. The van der Waals surface area contributed by atoms with Crippen molar-refractivity contribution in [3.05, 3.63) is 55.4 Å². The maximum absolute atomic E-state index is 13.1. The molecular weight excluding hydrogens is 390 g/mol. The maximum Gasteiger partial charge on any atom is 0.268 e. The van der Waals surface area contributed by atoms with Crippen LogP contribution in [0.25, 0.3) is 10.2 Å². The number of carbonyl (C=O) groups excluding carboxylic acids is 1. The molecule has 122 valence electrons. The topological polar surface area (TPSA) is 55.2 Å². The number of hydrogen-bond acceptors (Lipinski definition) is 4. The first-order valence-corrected chi connectivity index (χ1v) is 9.13. The summed E-state index contributed by atoms with van der Waals surface area (Å²) in [5.74, 6) is -0.0568. The summed E-state index contributed by atoms with van der Waals surface area (Å²) in [5.41, 5.74) is 2.71. The SMILES string of the molecule is Cc1c(C(=O)N2CCc3cc(Br)ccc32)sc2ncn(C)c(=O)c12. The molecule has 0 unspecified atom stereocenters. The lowest BCUT2D eigenvalue weighted by molar-refractivity contribution is 0.0993. The minimum Gasteiger partial charge on any atom is -0.307 e. The summed E-state index contributed by atoms with van der Waals surface area (Å²) in [5, 5.41) is 0.545. The van der Waals surface area contributed by atoms with Crippen molar-refractivity contribution in [2.45, 2.75) is 13.3 Å². The maximum atomic E-state index is 13.1. The second-order valence-electron chi connectivity index (χ2n) is 5.88. The summed E-state index contributed by atoms with van der Waals surface area (Å²) >= 11 is 4.76. The quantitative estimate of drug-likeness (QED) is 0.626. The van der Waals surface area contributed by atoms with Gasteiger partial charge in [0.25, 0.3) is 11.5 Å². The van der Waals surface area contributed by atoms with Crippen molar-refractivity contribution in [1.82, 2.24) is 9.55 Å². The Balaban J connectivity index is 1.82. The van der Waals surface area contributed by atoms with E-state index in [9.17, 15) is 9.59 Å². The van der Waals surface area contributed by atoms with Crippen LogP contribution in [0.5, 0.6) is 0 Å². The summed E-state index contributed by atoms with van der Waals surface area (Å²) in [6, 6.07) is 5.96. The third kappa shape index (κ3) is 2.22. The molecule has 1 aliphatic rings. The number of halogens is 1. The Labute approximate surface area is 150 Å². The van der Waals surface area contributed by atoms with Crippen LogP contribution < -0.4 is 10.5 Å². The predicted molar refractivity (Wildman–Crippen MR) is 99.1 cm³/mol. The van der Waals surface area contributed by atoms with Crippen molar-refractivity contribution in [1.29, 1.82) is 0 Å². The van der Waals surface area contributed by atoms with Crippen LogP contribution in [-0.2, 0) is 13.5 Å². The predicted octanol–water partition coefficient (Wildman–Crippen LogP) is 3.27. The third-order valence-corrected chi connectivity index (χ3v) is 6.07. The van der Waals surface area contributed by atoms with Gasteiger partial charge in [-0.3, -0.25) is 9.59 Å². The molecule has 4 rings (SSSR count). The minimum absolute atomic E-state index is 0.0568. The van der Waals surface area contributed by atoms with Gasteiger partial charge in [0.05, 0.1) is 16.6 Å². The van der Waals surface area contributed by atoms with E-state index in [0.29, 0.717) is 21.6 Å². The van der Waals surface area contributed by atoms with Gasteiger partial charge >= 0.3 is 0 Å². The molecule has 0 saturated heterocycles. The summed E-state index contributed by atoms with van der Waals surface area (Å²) in [6.07, 6.45) is 2.34. The van der Waals surface area contributed by atoms with Crippen LogP contribution in [0.1, 0.15) is 20.8 Å². The van der Waals surface area contributed by atoms with Gasteiger partial charge in [-0.1, -0.05) is 15.9 Å². The molecule has 0 aliphatic carbocycles. The van der Waals surface area contributed by atoms with Gasteiger partial charge in [-0.15, -0.1) is 11.3 Å². The molecule has 2 aromatic heterocycles. The fraction of sp³-hybridized carbons (Fsp3) is 0.235. The van der Waals surface area contributed by atoms with Gasteiger partial charge in [0.15, 0.2) is 0 Å². The molecule has 7 heteroatoms. The van der Waals surface area contributed by atoms with Gasteiger partial charge in [-0.05, 0) is 42.7 Å². The number of benzene rings is 1. The van der Waals surface area contributed by atoms with Crippen molar-refractivity contribution in [2.24, 2.45) is 7.05 Å². The van der Waals surface area contributed by atoms with Gasteiger partial charge in [-0.2, -0.15) is 0 Å². The molecule has 0 saturated carbocycles. The number of hydrogen-bond donors (Lipinski definition) is 0. The molecule has 1 amide bonds. The minimum atomic E-state index is -0.112. The molecule has 3 heterocycles. The number of carbonyl (C=O) groups is 1. The Morgan fingerprint density at radius 2 is 2.17 bits per heavy atom. The summed E-state index contributed by atoms with van der Waals surface area (Å²) in [4.78, 5) is 32.7. The van der Waals surface area contributed by atoms with Crippen LogP contribution in [-0.4, -0.2) is 22.0 Å². The number of nitrogens with zero attached hydrogens (tertiary/aromatic N) is 3. The number of fused-ring (bicyclic) bond motifs is 2. The zero-order valence-corrected chi connectivity index (χ0v) is 15.6. The Hall–Kier alpha value is -1.99. The van der Waals surface area contributed by atoms with E-state index in [0.717, 1.165) is 27.7 Å². The largest absolute Gasteiger partial charge is 0.307 e. The van der Waals surface area contributed by atoms with Crippen molar-refractivity contribution < 1.29 is 4.79 Å². The second kappa shape index (κ2) is 5.53. The number of aromatic nitrogens is 2. The van der Waals surface area contributed by atoms with E-state index in [1.807, 2.05) is 19.1 Å². The van der Waals surface area contributed by atoms with Crippen molar-refractivity contribution in [3.63, 3.8) is 0 Å². The van der Waals surface area contributed by atoms with Gasteiger partial charge in [0.2, 0.25) is 0 Å². The number of rotatable bonds is 1. The highest BCUT2D eigenvalue weighted by Gasteiger charge is 2.29. The van der Waals surface area contributed by atoms with E-state index in [1.54, 1.807) is 11.9 Å². The molecule has 0 bridgehead atoms. The van der Waals surface area contributed by atoms with E-state index in [2.05, 4.69) is 27.0 Å². The zero-order valence-electron chi connectivity index (χ0n) is 13.2. The van der Waals surface area contributed by atoms with Gasteiger partial charge in [-0.25, -0.2) is 4.98 Å². The monoisotopic (exact) mass is 403 g/mol. The Bertz CT molecular complexity index is 1050. The molecule has 0 atom stereocenters. The molecule has 5 nitrogen and oxygen atoms in total. The Morgan fingerprint density at radius 3 is 2.96 bits per heavy atom. The van der Waals surface area contributed by atoms with Crippen LogP contribution >= 0.6 is 27.3 Å². The number of amides is 1. The zero-order chi connectivity index (χ0) is 17.0. The van der Waals surface area contributed by atoms with Crippen molar-refractivity contribution in [3.8, 4) is 0 Å². The van der Waals surface area contributed by atoms with Crippen LogP contribution in [0.3, 0.4) is 0 Å². The van der Waals surface area contributed by atoms with Crippen LogP contribution in [0, 0.1) is 6.92 Å². The molecule has 0 N–H and O–H groups in total. The van der Waals surface area contributed by atoms with Gasteiger partial charge in [0, 0.05) is 23.8 Å². The molecule has 3 aromatic rings. The highest BCUT2D eigenvalue weighted by atomic mass is 79.9. The van der Waals surface area contributed by atoms with Crippen molar-refractivity contribution in [2.75, 3.05) is 11.4 Å². The second-order valence-corrected chi connectivity index (χ2v) is 7.79. The van der Waals surface area contributed by atoms with Crippen molar-refractivity contribution >= 4 is 49.1 Å². The summed E-state index contributed by atoms with van der Waals surface area (Å²) in [6.45, 7) is 2.48. The molecule has 0 fully saturated rings. The van der Waals surface area contributed by atoms with E-state index in [4.69, 9.17) is 0 Å². The van der Waals surface area contributed by atoms with Crippen LogP contribution in [0.4, 0.5) is 5.69 Å². The normalized spacial score (nSPS) is 13.5. The van der Waals surface area contributed by atoms with E-state index >= 15 is 0 Å². The molecule has 0 radical (unpaired) electrons. The standard InChI is InChI=1S/C17H14BrN3O2S/c1-9-13-15(19-8-20(2)16(13)22)24-14(9)17(23)21-6-5-10-7-11(18)3-4-12(10)21/h3-4,7-8H,5-6H2,1-2H3. The lowest BCUT2D eigenvalue weighted by atomic mass is 10.1. The first kappa shape index (κ1) is 15.5. The number of anilines is 1. The summed E-state index contributed by atoms with van der Waals surface area (Å²) in [7, 11) is 1.67. The molecular formula is C17H14BrN3O2S. The average molecular weight is 404 g/mol. The molecule has 24 heavy (non-hydrogen) atoms. The first-order chi connectivity index (χ1) is 11.5. The van der Waals surface area contributed by atoms with E-state index in [1.165, 1.54) is 22.2 Å². The average Bonchev–Trinajstić information content (AvgIpc) is 3.11. The van der Waals surface area contributed by atoms with E-state index < -0.39 is 0 Å². The summed E-state index contributed by atoms with van der Waals surface area (Å²) < 4.78 is 2.46. The highest BCUT2D eigenvalue weighted by molar-refractivity contribution is 9.10. The highest BCUT2D eigenvalue weighted by Crippen LogP contribution is 2.34. The Morgan fingerprint density at radius 1 is 1.38 bits per heavy atom. The first-order valence-electron chi connectivity index (χ1n) is 7.52. The lowest BCUT2D eigenvalue weighted by Gasteiger charge is -2.17. The third-order valence-electron chi connectivity index (χ3n) is 4.39. The van der Waals surface area contributed by atoms with Crippen LogP contribution in [0.15, 0.2) is 33.8 Å². The van der Waals surface area contributed by atoms with Gasteiger partial charge < -0.3 is 9.47 Å². The molecule has 1 aliphatic heterocycles. The smallest absolute Gasteiger partial charge is 0.268 e. The molecule has 1 aromatic carbocycles. The van der Waals surface area contributed by atoms with Gasteiger partial charge in [0.1, 0.15) is 4.83 Å². The number of aryl methyl sites for hydroxylation is 2. The Kier molecular flexibility index (Phi) is 3.58. The lowest BCUT2D eigenvalue weighted by Crippen LogP contribution is -2.28. The van der Waals surface area contributed by atoms with E-state index in [-0.39, 0.29) is 11.5 Å². The fourth-order valence-electron chi connectivity index (χ4n) is 3.12. The van der Waals surface area contributed by atoms with Crippen LogP contribution in [0.2, 0.25) is 0 Å². The molecule has 0 spiro atoms.